The minimum atomic E-state index is 0.0428. The molecule has 0 aromatic rings. The molecule has 9 heavy (non-hydrogen) atoms. The Labute approximate surface area is 70.6 Å². The van der Waals surface area contributed by atoms with Crippen LogP contribution >= 0.6 is 36.0 Å². The van der Waals surface area contributed by atoms with E-state index >= 15 is 0 Å². The first-order chi connectivity index (χ1) is 4.22. The maximum absolute atomic E-state index is 5.83. The minimum Gasteiger partial charge on any atom is -0.117 e. The van der Waals surface area contributed by atoms with Crippen LogP contribution in [0.2, 0.25) is 0 Å². The molecule has 1 aliphatic rings. The van der Waals surface area contributed by atoms with Gasteiger partial charge in [0.1, 0.15) is 0 Å². The van der Waals surface area contributed by atoms with Gasteiger partial charge in [-0.2, -0.15) is 0 Å². The molecule has 0 aromatic heterocycles. The van der Waals surface area contributed by atoms with Gasteiger partial charge >= 0.3 is 0 Å². The number of thiocarbonyl (C=S) groups is 2. The maximum atomic E-state index is 5.83. The lowest BCUT2D eigenvalue weighted by Gasteiger charge is -2.17. The van der Waals surface area contributed by atoms with Gasteiger partial charge in [-0.25, -0.2) is 0 Å². The number of alkyl halides is 1. The van der Waals surface area contributed by atoms with E-state index in [9.17, 15) is 0 Å². The van der Waals surface area contributed by atoms with E-state index in [1.165, 1.54) is 0 Å². The molecule has 0 bridgehead atoms. The van der Waals surface area contributed by atoms with Crippen LogP contribution < -0.4 is 0 Å². The maximum Gasteiger partial charge on any atom is 0.0698 e. The second-order valence-corrected chi connectivity index (χ2v) is 3.61. The molecule has 0 heterocycles. The smallest absolute Gasteiger partial charge is 0.0698 e. The Kier molecular flexibility index (Phi) is 2.56. The van der Waals surface area contributed by atoms with E-state index in [2.05, 4.69) is 0 Å². The van der Waals surface area contributed by atoms with Crippen LogP contribution in [-0.2, 0) is 0 Å². The molecule has 0 nitrogen and oxygen atoms in total. The summed E-state index contributed by atoms with van der Waals surface area (Å²) in [5.74, 6) is 0. The average Bonchev–Trinajstić information content (AvgIpc) is 1.83. The third-order valence-corrected chi connectivity index (χ3v) is 3.07. The first-order valence-corrected chi connectivity index (χ1v) is 4.18. The second-order valence-electron chi connectivity index (χ2n) is 2.15. The van der Waals surface area contributed by atoms with Crippen molar-refractivity contribution in [2.75, 3.05) is 0 Å². The van der Waals surface area contributed by atoms with Crippen LogP contribution in [0.3, 0.4) is 0 Å². The van der Waals surface area contributed by atoms with Crippen LogP contribution in [0.1, 0.15) is 19.3 Å². The molecule has 0 amide bonds. The summed E-state index contributed by atoms with van der Waals surface area (Å²) >= 11 is 15.8. The van der Waals surface area contributed by atoms with Crippen molar-refractivity contribution >= 4 is 45.8 Å². The standard InChI is InChI=1S/C6H7ClS2/c7-4-2-1-3-5(8)6(4)9/h4H,1-3H2. The molecule has 1 saturated carbocycles. The monoisotopic (exact) mass is 178 g/mol. The fourth-order valence-corrected chi connectivity index (χ4v) is 1.73. The van der Waals surface area contributed by atoms with Crippen molar-refractivity contribution < 1.29 is 0 Å². The molecule has 0 radical (unpaired) electrons. The molecular weight excluding hydrogens is 172 g/mol. The summed E-state index contributed by atoms with van der Waals surface area (Å²) in [7, 11) is 0. The van der Waals surface area contributed by atoms with Gasteiger partial charge in [0.2, 0.25) is 0 Å². The molecule has 1 rings (SSSR count). The van der Waals surface area contributed by atoms with E-state index in [-0.39, 0.29) is 5.38 Å². The summed E-state index contributed by atoms with van der Waals surface area (Å²) in [6.07, 6.45) is 3.07. The first kappa shape index (κ1) is 7.58. The largest absolute Gasteiger partial charge is 0.117 e. The van der Waals surface area contributed by atoms with Gasteiger partial charge in [-0.15, -0.1) is 11.6 Å². The van der Waals surface area contributed by atoms with Gasteiger partial charge in [0.05, 0.1) is 5.38 Å². The fraction of sp³-hybridized carbons (Fsp3) is 0.667. The highest BCUT2D eigenvalue weighted by Gasteiger charge is 2.19. The Morgan fingerprint density at radius 2 is 2.11 bits per heavy atom. The Hall–Kier alpha value is 0.470. The quantitative estimate of drug-likeness (QED) is 0.413. The van der Waals surface area contributed by atoms with Crippen LogP contribution in [0.15, 0.2) is 0 Å². The van der Waals surface area contributed by atoms with E-state index < -0.39 is 0 Å². The van der Waals surface area contributed by atoms with Crippen LogP contribution in [0.4, 0.5) is 0 Å². The molecule has 50 valence electrons. The average molecular weight is 179 g/mol. The SMILES string of the molecule is S=C1CCCC(Cl)C1=S. The number of hydrogen-bond acceptors (Lipinski definition) is 2. The summed E-state index contributed by atoms with van der Waals surface area (Å²) < 4.78 is 0. The van der Waals surface area contributed by atoms with Gasteiger partial charge in [-0.1, -0.05) is 24.4 Å². The fourth-order valence-electron chi connectivity index (χ4n) is 0.871. The molecule has 3 heteroatoms. The summed E-state index contributed by atoms with van der Waals surface area (Å²) in [6.45, 7) is 0. The molecule has 1 unspecified atom stereocenters. The van der Waals surface area contributed by atoms with Crippen molar-refractivity contribution in [3.8, 4) is 0 Å². The highest BCUT2D eigenvalue weighted by molar-refractivity contribution is 7.89. The molecule has 1 aliphatic carbocycles. The van der Waals surface area contributed by atoms with Crippen molar-refractivity contribution in [1.82, 2.24) is 0 Å². The van der Waals surface area contributed by atoms with Crippen molar-refractivity contribution in [3.63, 3.8) is 0 Å². The Morgan fingerprint density at radius 1 is 1.44 bits per heavy atom. The van der Waals surface area contributed by atoms with E-state index in [1.54, 1.807) is 0 Å². The van der Waals surface area contributed by atoms with E-state index in [1.807, 2.05) is 0 Å². The predicted octanol–water partition coefficient (Wildman–Crippen LogP) is 2.52. The van der Waals surface area contributed by atoms with E-state index in [0.717, 1.165) is 29.0 Å². The van der Waals surface area contributed by atoms with Gasteiger partial charge in [0.25, 0.3) is 0 Å². The number of halogens is 1. The van der Waals surface area contributed by atoms with Crippen molar-refractivity contribution in [1.29, 1.82) is 0 Å². The lowest BCUT2D eigenvalue weighted by Crippen LogP contribution is -2.25. The molecule has 0 aromatic carbocycles. The van der Waals surface area contributed by atoms with Crippen molar-refractivity contribution in [3.05, 3.63) is 0 Å². The zero-order valence-electron chi connectivity index (χ0n) is 4.89. The summed E-state index contributed by atoms with van der Waals surface area (Å²) in [5.41, 5.74) is 0. The first-order valence-electron chi connectivity index (χ1n) is 2.93. The molecular formula is C6H7ClS2. The Balaban J connectivity index is 2.62. The zero-order chi connectivity index (χ0) is 6.85. The number of hydrogen-bond donors (Lipinski definition) is 0. The third-order valence-electron chi connectivity index (χ3n) is 1.42. The molecule has 0 aliphatic heterocycles. The van der Waals surface area contributed by atoms with Gasteiger partial charge < -0.3 is 0 Å². The lowest BCUT2D eigenvalue weighted by atomic mass is 10.00. The Morgan fingerprint density at radius 3 is 2.56 bits per heavy atom. The predicted molar refractivity (Wildman–Crippen MR) is 48.7 cm³/mol. The molecule has 1 fully saturated rings. The third kappa shape index (κ3) is 1.69. The van der Waals surface area contributed by atoms with Crippen LogP contribution in [-0.4, -0.2) is 15.1 Å². The minimum absolute atomic E-state index is 0.0428. The summed E-state index contributed by atoms with van der Waals surface area (Å²) in [4.78, 5) is 1.70. The summed E-state index contributed by atoms with van der Waals surface area (Å²) in [5, 5.41) is 0.0428. The molecule has 0 N–H and O–H groups in total. The molecule has 0 saturated heterocycles. The lowest BCUT2D eigenvalue weighted by molar-refractivity contribution is 0.793. The highest BCUT2D eigenvalue weighted by Crippen LogP contribution is 2.18. The van der Waals surface area contributed by atoms with E-state index in [4.69, 9.17) is 36.0 Å². The van der Waals surface area contributed by atoms with Crippen molar-refractivity contribution in [2.24, 2.45) is 0 Å². The molecule has 1 atom stereocenters. The van der Waals surface area contributed by atoms with Gasteiger partial charge in [0.15, 0.2) is 0 Å². The van der Waals surface area contributed by atoms with Crippen molar-refractivity contribution in [2.45, 2.75) is 24.6 Å². The van der Waals surface area contributed by atoms with Gasteiger partial charge in [-0.3, -0.25) is 0 Å². The second kappa shape index (κ2) is 3.04. The van der Waals surface area contributed by atoms with Crippen LogP contribution in [0.25, 0.3) is 0 Å². The van der Waals surface area contributed by atoms with Crippen LogP contribution in [0, 0.1) is 0 Å². The topological polar surface area (TPSA) is 0 Å². The molecule has 0 spiro atoms. The van der Waals surface area contributed by atoms with E-state index in [0.29, 0.717) is 0 Å². The zero-order valence-corrected chi connectivity index (χ0v) is 7.28. The van der Waals surface area contributed by atoms with Gasteiger partial charge in [-0.05, 0) is 19.3 Å². The summed E-state index contributed by atoms with van der Waals surface area (Å²) in [6, 6.07) is 0. The highest BCUT2D eigenvalue weighted by atomic mass is 35.5. The number of rotatable bonds is 0. The van der Waals surface area contributed by atoms with Gasteiger partial charge in [0, 0.05) is 9.73 Å². The normalized spacial score (nSPS) is 28.8. The Bertz CT molecular complexity index is 153. The van der Waals surface area contributed by atoms with Crippen LogP contribution in [0.5, 0.6) is 0 Å².